The summed E-state index contributed by atoms with van der Waals surface area (Å²) in [6, 6.07) is 7.85. The molecular formula is C18H21N3O2. The van der Waals surface area contributed by atoms with Gasteiger partial charge in [-0.1, -0.05) is 0 Å². The lowest BCUT2D eigenvalue weighted by Crippen LogP contribution is -2.35. The number of carbonyl (C=O) groups excluding carboxylic acids is 2. The van der Waals surface area contributed by atoms with Gasteiger partial charge in [0.05, 0.1) is 5.92 Å². The van der Waals surface area contributed by atoms with E-state index in [1.54, 1.807) is 0 Å². The Hall–Kier alpha value is -2.30. The van der Waals surface area contributed by atoms with E-state index in [9.17, 15) is 9.59 Å². The molecule has 2 aromatic rings. The maximum absolute atomic E-state index is 12.8. The monoisotopic (exact) mass is 311 g/mol. The smallest absolute Gasteiger partial charge is 0.253 e. The van der Waals surface area contributed by atoms with Gasteiger partial charge in [0.15, 0.2) is 0 Å². The fraction of sp³-hybridized carbons (Fsp3) is 0.444. The molecule has 0 radical (unpaired) electrons. The molecule has 0 saturated carbocycles. The van der Waals surface area contributed by atoms with Crippen LogP contribution in [0, 0.1) is 11.8 Å². The number of hydrogen-bond acceptors (Lipinski definition) is 2. The van der Waals surface area contributed by atoms with Gasteiger partial charge in [0, 0.05) is 61.8 Å². The molecule has 2 amide bonds. The highest BCUT2D eigenvalue weighted by molar-refractivity contribution is 5.99. The Morgan fingerprint density at radius 1 is 1.22 bits per heavy atom. The number of aromatic nitrogens is 1. The van der Waals surface area contributed by atoms with Crippen LogP contribution in [0.4, 0.5) is 0 Å². The first-order valence-corrected chi connectivity index (χ1v) is 8.21. The summed E-state index contributed by atoms with van der Waals surface area (Å²) in [5.41, 5.74) is 1.83. The number of nitrogens with zero attached hydrogens (tertiary/aromatic N) is 3. The lowest BCUT2D eigenvalue weighted by atomic mass is 10.0. The number of hydrogen-bond donors (Lipinski definition) is 0. The highest BCUT2D eigenvalue weighted by atomic mass is 16.2. The summed E-state index contributed by atoms with van der Waals surface area (Å²) in [4.78, 5) is 28.8. The molecule has 3 heterocycles. The second-order valence-corrected chi connectivity index (χ2v) is 6.65. The quantitative estimate of drug-likeness (QED) is 0.848. The van der Waals surface area contributed by atoms with Gasteiger partial charge in [0.25, 0.3) is 5.91 Å². The number of aryl methyl sites for hydroxylation is 1. The van der Waals surface area contributed by atoms with Crippen molar-refractivity contribution in [1.82, 2.24) is 14.4 Å². The maximum Gasteiger partial charge on any atom is 0.253 e. The van der Waals surface area contributed by atoms with Gasteiger partial charge in [-0.2, -0.15) is 0 Å². The number of rotatable bonds is 2. The van der Waals surface area contributed by atoms with Gasteiger partial charge in [-0.15, -0.1) is 0 Å². The first kappa shape index (κ1) is 14.3. The summed E-state index contributed by atoms with van der Waals surface area (Å²) in [6.07, 6.45) is 2.00. The number of likely N-dealkylation sites (tertiary alicyclic amines) is 2. The van der Waals surface area contributed by atoms with E-state index in [2.05, 4.69) is 0 Å². The van der Waals surface area contributed by atoms with Crippen LogP contribution >= 0.6 is 0 Å². The third kappa shape index (κ3) is 2.14. The van der Waals surface area contributed by atoms with E-state index < -0.39 is 0 Å². The molecule has 5 nitrogen and oxygen atoms in total. The first-order valence-electron chi connectivity index (χ1n) is 8.21. The Kier molecular flexibility index (Phi) is 3.18. The summed E-state index contributed by atoms with van der Waals surface area (Å²) in [5.74, 6) is 0.554. The Bertz CT molecular complexity index is 795. The lowest BCUT2D eigenvalue weighted by molar-refractivity contribution is -0.130. The van der Waals surface area contributed by atoms with Gasteiger partial charge < -0.3 is 14.4 Å². The molecule has 0 spiro atoms. The molecule has 0 unspecified atom stereocenters. The van der Waals surface area contributed by atoms with Crippen LogP contribution in [0.15, 0.2) is 30.5 Å². The molecule has 2 atom stereocenters. The zero-order valence-corrected chi connectivity index (χ0v) is 13.5. The van der Waals surface area contributed by atoms with E-state index in [1.807, 2.05) is 58.8 Å². The minimum atomic E-state index is -0.000596. The fourth-order valence-electron chi connectivity index (χ4n) is 3.99. The zero-order valence-electron chi connectivity index (χ0n) is 13.5. The number of fused-ring (bicyclic) bond motifs is 2. The second-order valence-electron chi connectivity index (χ2n) is 6.65. The van der Waals surface area contributed by atoms with Crippen LogP contribution in [-0.4, -0.2) is 52.4 Å². The van der Waals surface area contributed by atoms with E-state index in [-0.39, 0.29) is 17.7 Å². The summed E-state index contributed by atoms with van der Waals surface area (Å²) in [7, 11) is 2.00. The van der Waals surface area contributed by atoms with Crippen molar-refractivity contribution in [1.29, 1.82) is 0 Å². The van der Waals surface area contributed by atoms with E-state index in [1.165, 1.54) is 0 Å². The summed E-state index contributed by atoms with van der Waals surface area (Å²) >= 11 is 0. The SMILES string of the molecule is CCN1C[C@@H]2CN(C(=O)c3ccc4c(ccn4C)c3)C[C@@H]2C1=O. The molecule has 2 saturated heterocycles. The van der Waals surface area contributed by atoms with E-state index in [0.717, 1.165) is 24.0 Å². The predicted octanol–water partition coefficient (Wildman–Crippen LogP) is 1.73. The van der Waals surface area contributed by atoms with Gasteiger partial charge in [0.2, 0.25) is 5.91 Å². The van der Waals surface area contributed by atoms with Crippen LogP contribution in [0.2, 0.25) is 0 Å². The molecule has 1 aromatic carbocycles. The Labute approximate surface area is 135 Å². The molecule has 0 aliphatic carbocycles. The van der Waals surface area contributed by atoms with Crippen molar-refractivity contribution < 1.29 is 9.59 Å². The van der Waals surface area contributed by atoms with Crippen LogP contribution in [0.25, 0.3) is 10.9 Å². The normalized spacial score (nSPS) is 23.8. The average molecular weight is 311 g/mol. The second kappa shape index (κ2) is 5.11. The molecule has 120 valence electrons. The number of carbonyl (C=O) groups is 2. The lowest BCUT2D eigenvalue weighted by Gasteiger charge is -2.21. The van der Waals surface area contributed by atoms with E-state index in [4.69, 9.17) is 0 Å². The molecule has 1 aromatic heterocycles. The summed E-state index contributed by atoms with van der Waals surface area (Å²) < 4.78 is 2.04. The van der Waals surface area contributed by atoms with Gasteiger partial charge in [-0.25, -0.2) is 0 Å². The van der Waals surface area contributed by atoms with E-state index in [0.29, 0.717) is 24.6 Å². The third-order valence-corrected chi connectivity index (χ3v) is 5.33. The molecule has 23 heavy (non-hydrogen) atoms. The first-order chi connectivity index (χ1) is 11.1. The average Bonchev–Trinajstić information content (AvgIpc) is 3.22. The molecule has 2 aliphatic rings. The topological polar surface area (TPSA) is 45.5 Å². The van der Waals surface area contributed by atoms with Crippen LogP contribution in [0.1, 0.15) is 17.3 Å². The Balaban J connectivity index is 1.55. The molecule has 0 bridgehead atoms. The van der Waals surface area contributed by atoms with Gasteiger partial charge in [0.1, 0.15) is 0 Å². The Morgan fingerprint density at radius 3 is 2.78 bits per heavy atom. The minimum absolute atomic E-state index is 0.000596. The maximum atomic E-state index is 12.8. The number of amides is 2. The standard InChI is InChI=1S/C18H21N3O2/c1-3-20-9-14-10-21(11-15(14)18(20)23)17(22)13-4-5-16-12(8-13)6-7-19(16)2/h4-8,14-15H,3,9-11H2,1-2H3/t14-,15+/m1/s1. The van der Waals surface area contributed by atoms with Crippen molar-refractivity contribution in [3.8, 4) is 0 Å². The fourth-order valence-corrected chi connectivity index (χ4v) is 3.99. The van der Waals surface area contributed by atoms with Crippen molar-refractivity contribution in [3.63, 3.8) is 0 Å². The molecular weight excluding hydrogens is 290 g/mol. The molecule has 5 heteroatoms. The predicted molar refractivity (Wildman–Crippen MR) is 88.1 cm³/mol. The summed E-state index contributed by atoms with van der Waals surface area (Å²) in [5, 5.41) is 1.07. The van der Waals surface area contributed by atoms with E-state index >= 15 is 0 Å². The number of benzene rings is 1. The van der Waals surface area contributed by atoms with Gasteiger partial charge >= 0.3 is 0 Å². The van der Waals surface area contributed by atoms with Crippen LogP contribution in [0.3, 0.4) is 0 Å². The highest BCUT2D eigenvalue weighted by Gasteiger charge is 2.46. The molecule has 0 N–H and O–H groups in total. The Morgan fingerprint density at radius 2 is 2.04 bits per heavy atom. The van der Waals surface area contributed by atoms with Crippen LogP contribution in [0.5, 0.6) is 0 Å². The van der Waals surface area contributed by atoms with Gasteiger partial charge in [-0.05, 0) is 31.2 Å². The van der Waals surface area contributed by atoms with Crippen molar-refractivity contribution in [2.45, 2.75) is 6.92 Å². The molecule has 2 fully saturated rings. The van der Waals surface area contributed by atoms with Crippen molar-refractivity contribution in [2.24, 2.45) is 18.9 Å². The summed E-state index contributed by atoms with van der Waals surface area (Å²) in [6.45, 7) is 4.83. The minimum Gasteiger partial charge on any atom is -0.351 e. The van der Waals surface area contributed by atoms with Crippen LogP contribution < -0.4 is 0 Å². The van der Waals surface area contributed by atoms with Crippen molar-refractivity contribution in [3.05, 3.63) is 36.0 Å². The van der Waals surface area contributed by atoms with Gasteiger partial charge in [-0.3, -0.25) is 9.59 Å². The van der Waals surface area contributed by atoms with Crippen molar-refractivity contribution in [2.75, 3.05) is 26.2 Å². The largest absolute Gasteiger partial charge is 0.351 e. The van der Waals surface area contributed by atoms with Crippen molar-refractivity contribution >= 4 is 22.7 Å². The molecule has 4 rings (SSSR count). The van der Waals surface area contributed by atoms with Crippen LogP contribution in [-0.2, 0) is 11.8 Å². The third-order valence-electron chi connectivity index (χ3n) is 5.33. The zero-order chi connectivity index (χ0) is 16.1. The molecule has 2 aliphatic heterocycles. The highest BCUT2D eigenvalue weighted by Crippen LogP contribution is 2.33.